The highest BCUT2D eigenvalue weighted by Gasteiger charge is 2.06. The van der Waals surface area contributed by atoms with Gasteiger partial charge in [-0.1, -0.05) is 15.9 Å². The number of nitrogens with zero attached hydrogens (tertiary/aromatic N) is 2. The molecule has 3 nitrogen and oxygen atoms in total. The van der Waals surface area contributed by atoms with Gasteiger partial charge in [0, 0.05) is 24.6 Å². The first-order chi connectivity index (χ1) is 7.19. The van der Waals surface area contributed by atoms with E-state index in [2.05, 4.69) is 32.2 Å². The molecule has 0 aliphatic heterocycles. The molecule has 0 saturated carbocycles. The molecule has 80 valence electrons. The lowest BCUT2D eigenvalue weighted by molar-refractivity contribution is 0.767. The smallest absolute Gasteiger partial charge is 0.101 e. The van der Waals surface area contributed by atoms with Crippen LogP contribution in [0.3, 0.4) is 0 Å². The summed E-state index contributed by atoms with van der Waals surface area (Å²) in [5, 5.41) is 12.1. The highest BCUT2D eigenvalue weighted by molar-refractivity contribution is 9.10. The van der Waals surface area contributed by atoms with Gasteiger partial charge in [0.25, 0.3) is 0 Å². The van der Waals surface area contributed by atoms with Crippen LogP contribution in [0.15, 0.2) is 22.7 Å². The van der Waals surface area contributed by atoms with Crippen molar-refractivity contribution in [2.75, 3.05) is 32.1 Å². The molecule has 1 rings (SSSR count). The fraction of sp³-hybridized carbons (Fsp3) is 0.364. The molecule has 1 aromatic rings. The lowest BCUT2D eigenvalue weighted by atomic mass is 10.2. The van der Waals surface area contributed by atoms with E-state index in [-0.39, 0.29) is 0 Å². The molecule has 0 aliphatic rings. The Morgan fingerprint density at radius 2 is 2.27 bits per heavy atom. The van der Waals surface area contributed by atoms with Crippen LogP contribution in [0.4, 0.5) is 5.69 Å². The van der Waals surface area contributed by atoms with Crippen LogP contribution in [0.2, 0.25) is 0 Å². The Morgan fingerprint density at radius 3 is 2.87 bits per heavy atom. The highest BCUT2D eigenvalue weighted by Crippen LogP contribution is 2.22. The molecule has 0 unspecified atom stereocenters. The summed E-state index contributed by atoms with van der Waals surface area (Å²) in [6.07, 6.45) is 0. The molecule has 0 aliphatic carbocycles. The highest BCUT2D eigenvalue weighted by atomic mass is 79.9. The Labute approximate surface area is 98.8 Å². The number of rotatable bonds is 4. The summed E-state index contributed by atoms with van der Waals surface area (Å²) in [7, 11) is 3.90. The van der Waals surface area contributed by atoms with E-state index in [0.717, 1.165) is 23.2 Å². The van der Waals surface area contributed by atoms with Crippen molar-refractivity contribution in [1.82, 2.24) is 5.32 Å². The van der Waals surface area contributed by atoms with E-state index in [0.29, 0.717) is 5.56 Å². The summed E-state index contributed by atoms with van der Waals surface area (Å²) in [6, 6.07) is 7.95. The summed E-state index contributed by atoms with van der Waals surface area (Å²) in [5.74, 6) is 0. The maximum atomic E-state index is 9.00. The second-order valence-corrected chi connectivity index (χ2v) is 4.21. The average Bonchev–Trinajstić information content (AvgIpc) is 2.25. The third-order valence-electron chi connectivity index (χ3n) is 2.19. The van der Waals surface area contributed by atoms with Crippen LogP contribution in [0.5, 0.6) is 0 Å². The minimum atomic E-state index is 0.697. The first-order valence-corrected chi connectivity index (χ1v) is 5.53. The summed E-state index contributed by atoms with van der Waals surface area (Å²) in [6.45, 7) is 1.78. The van der Waals surface area contributed by atoms with Crippen LogP contribution in [0.25, 0.3) is 0 Å². The van der Waals surface area contributed by atoms with Crippen molar-refractivity contribution in [1.29, 1.82) is 5.26 Å². The first kappa shape index (κ1) is 12.0. The van der Waals surface area contributed by atoms with Crippen LogP contribution in [0.1, 0.15) is 5.56 Å². The molecular weight excluding hydrogens is 254 g/mol. The predicted molar refractivity (Wildman–Crippen MR) is 66.1 cm³/mol. The molecule has 0 fully saturated rings. The molecule has 0 saturated heterocycles. The largest absolute Gasteiger partial charge is 0.372 e. The third-order valence-corrected chi connectivity index (χ3v) is 2.68. The van der Waals surface area contributed by atoms with Crippen molar-refractivity contribution in [3.05, 3.63) is 28.2 Å². The van der Waals surface area contributed by atoms with Gasteiger partial charge in [-0.2, -0.15) is 5.26 Å². The number of nitrogens with one attached hydrogen (secondary N) is 1. The van der Waals surface area contributed by atoms with Crippen LogP contribution < -0.4 is 10.2 Å². The minimum absolute atomic E-state index is 0.697. The fourth-order valence-corrected chi connectivity index (χ4v) is 1.69. The average molecular weight is 268 g/mol. The molecule has 0 spiro atoms. The summed E-state index contributed by atoms with van der Waals surface area (Å²) >= 11 is 3.36. The molecule has 0 bridgehead atoms. The maximum Gasteiger partial charge on any atom is 0.101 e. The Kier molecular flexibility index (Phi) is 4.60. The number of hydrogen-bond acceptors (Lipinski definition) is 3. The minimum Gasteiger partial charge on any atom is -0.372 e. The van der Waals surface area contributed by atoms with Crippen molar-refractivity contribution in [3.8, 4) is 6.07 Å². The normalized spacial score (nSPS) is 9.73. The predicted octanol–water partition coefficient (Wildman–Crippen LogP) is 1.98. The van der Waals surface area contributed by atoms with Gasteiger partial charge in [0.1, 0.15) is 6.07 Å². The number of anilines is 1. The zero-order valence-corrected chi connectivity index (χ0v) is 10.5. The zero-order chi connectivity index (χ0) is 11.3. The number of hydrogen-bond donors (Lipinski definition) is 1. The van der Waals surface area contributed by atoms with E-state index in [1.807, 2.05) is 32.3 Å². The van der Waals surface area contributed by atoms with Gasteiger partial charge in [-0.3, -0.25) is 0 Å². The Morgan fingerprint density at radius 1 is 1.53 bits per heavy atom. The Balaban J connectivity index is 2.89. The summed E-state index contributed by atoms with van der Waals surface area (Å²) in [5.41, 5.74) is 1.67. The SMILES string of the molecule is CNCCN(C)c1ccc(Br)cc1C#N. The van der Waals surface area contributed by atoms with Gasteiger partial charge >= 0.3 is 0 Å². The topological polar surface area (TPSA) is 39.1 Å². The monoisotopic (exact) mass is 267 g/mol. The molecular formula is C11H14BrN3. The molecule has 0 heterocycles. The van der Waals surface area contributed by atoms with Gasteiger partial charge in [-0.05, 0) is 25.2 Å². The Hall–Kier alpha value is -1.05. The summed E-state index contributed by atoms with van der Waals surface area (Å²) < 4.78 is 0.935. The van der Waals surface area contributed by atoms with Gasteiger partial charge in [-0.15, -0.1) is 0 Å². The van der Waals surface area contributed by atoms with Gasteiger partial charge < -0.3 is 10.2 Å². The second-order valence-electron chi connectivity index (χ2n) is 3.30. The molecule has 0 atom stereocenters. The van der Waals surface area contributed by atoms with E-state index >= 15 is 0 Å². The van der Waals surface area contributed by atoms with Gasteiger partial charge in [0.15, 0.2) is 0 Å². The van der Waals surface area contributed by atoms with Gasteiger partial charge in [-0.25, -0.2) is 0 Å². The lowest BCUT2D eigenvalue weighted by Gasteiger charge is -2.20. The van der Waals surface area contributed by atoms with Gasteiger partial charge in [0.2, 0.25) is 0 Å². The lowest BCUT2D eigenvalue weighted by Crippen LogP contribution is -2.27. The number of nitriles is 1. The van der Waals surface area contributed by atoms with Crippen molar-refractivity contribution < 1.29 is 0 Å². The van der Waals surface area contributed by atoms with E-state index < -0.39 is 0 Å². The van der Waals surface area contributed by atoms with Crippen molar-refractivity contribution >= 4 is 21.6 Å². The van der Waals surface area contributed by atoms with Crippen LogP contribution in [-0.2, 0) is 0 Å². The van der Waals surface area contributed by atoms with Crippen LogP contribution >= 0.6 is 15.9 Å². The third kappa shape index (κ3) is 3.22. The van der Waals surface area contributed by atoms with Gasteiger partial charge in [0.05, 0.1) is 11.3 Å². The molecule has 0 radical (unpaired) electrons. The fourth-order valence-electron chi connectivity index (χ4n) is 1.33. The molecule has 1 N–H and O–H groups in total. The molecule has 0 amide bonds. The second kappa shape index (κ2) is 5.74. The maximum absolute atomic E-state index is 9.00. The molecule has 0 aromatic heterocycles. The van der Waals surface area contributed by atoms with E-state index in [1.54, 1.807) is 0 Å². The van der Waals surface area contributed by atoms with Crippen molar-refractivity contribution in [2.45, 2.75) is 0 Å². The van der Waals surface area contributed by atoms with Crippen LogP contribution in [0, 0.1) is 11.3 Å². The van der Waals surface area contributed by atoms with Crippen molar-refractivity contribution in [3.63, 3.8) is 0 Å². The first-order valence-electron chi connectivity index (χ1n) is 4.74. The van der Waals surface area contributed by atoms with E-state index in [9.17, 15) is 0 Å². The molecule has 1 aromatic carbocycles. The standard InChI is InChI=1S/C11H14BrN3/c1-14-5-6-15(2)11-4-3-10(12)7-9(11)8-13/h3-4,7,14H,5-6H2,1-2H3. The number of halogens is 1. The van der Waals surface area contributed by atoms with E-state index in [4.69, 9.17) is 5.26 Å². The number of benzene rings is 1. The zero-order valence-electron chi connectivity index (χ0n) is 8.92. The van der Waals surface area contributed by atoms with E-state index in [1.165, 1.54) is 0 Å². The van der Waals surface area contributed by atoms with Crippen molar-refractivity contribution in [2.24, 2.45) is 0 Å². The number of likely N-dealkylation sites (N-methyl/N-ethyl adjacent to an activating group) is 2. The quantitative estimate of drug-likeness (QED) is 0.907. The van der Waals surface area contributed by atoms with Crippen LogP contribution in [-0.4, -0.2) is 27.2 Å². The molecule has 15 heavy (non-hydrogen) atoms. The Bertz CT molecular complexity index is 371. The molecule has 4 heteroatoms. The summed E-state index contributed by atoms with van der Waals surface area (Å²) in [4.78, 5) is 2.07.